The van der Waals surface area contributed by atoms with Crippen LogP contribution in [0.5, 0.6) is 28.7 Å². The lowest BCUT2D eigenvalue weighted by molar-refractivity contribution is 0.135. The predicted molar refractivity (Wildman–Crippen MR) is 102 cm³/mol. The number of rotatable bonds is 4. The summed E-state index contributed by atoms with van der Waals surface area (Å²) < 4.78 is 23.3. The molecule has 0 fully saturated rings. The summed E-state index contributed by atoms with van der Waals surface area (Å²) >= 11 is 0. The number of benzene rings is 2. The summed E-state index contributed by atoms with van der Waals surface area (Å²) in [7, 11) is 3.26. The number of hydrogen-bond donors (Lipinski definition) is 1. The van der Waals surface area contributed by atoms with Crippen LogP contribution in [0.1, 0.15) is 42.6 Å². The maximum atomic E-state index is 10.5. The van der Waals surface area contributed by atoms with Crippen molar-refractivity contribution in [2.75, 3.05) is 20.8 Å². The van der Waals surface area contributed by atoms with Crippen LogP contribution in [0.4, 0.5) is 0 Å². The molecule has 4 rings (SSSR count). The van der Waals surface area contributed by atoms with Crippen molar-refractivity contribution >= 4 is 0 Å². The van der Waals surface area contributed by atoms with Crippen LogP contribution < -0.4 is 18.9 Å². The van der Waals surface area contributed by atoms with Gasteiger partial charge in [-0.3, -0.25) is 0 Å². The van der Waals surface area contributed by atoms with Gasteiger partial charge in [-0.1, -0.05) is 17.7 Å². The molecule has 2 unspecified atom stereocenters. The van der Waals surface area contributed by atoms with Gasteiger partial charge in [0.05, 0.1) is 32.3 Å². The number of allylic oxidation sites excluding steroid dienone is 2. The van der Waals surface area contributed by atoms with Gasteiger partial charge in [-0.15, -0.1) is 0 Å². The molecule has 0 saturated carbocycles. The van der Waals surface area contributed by atoms with Crippen molar-refractivity contribution in [3.8, 4) is 28.7 Å². The molecule has 2 atom stereocenters. The van der Waals surface area contributed by atoms with Crippen LogP contribution in [0.2, 0.25) is 0 Å². The normalized spacial score (nSPS) is 19.1. The summed E-state index contributed by atoms with van der Waals surface area (Å²) in [5.41, 5.74) is 3.89. The van der Waals surface area contributed by atoms with Crippen molar-refractivity contribution in [2.24, 2.45) is 0 Å². The monoisotopic (exact) mass is 368 g/mol. The van der Waals surface area contributed by atoms with Gasteiger partial charge in [-0.05, 0) is 26.3 Å². The fourth-order valence-corrected chi connectivity index (χ4v) is 3.85. The highest BCUT2D eigenvalue weighted by Gasteiger charge is 2.43. The fourth-order valence-electron chi connectivity index (χ4n) is 3.85. The summed E-state index contributed by atoms with van der Waals surface area (Å²) in [6, 6.07) is 7.55. The first-order valence-electron chi connectivity index (χ1n) is 9.07. The number of fused-ring (bicyclic) bond motifs is 5. The van der Waals surface area contributed by atoms with Gasteiger partial charge in [-0.2, -0.15) is 0 Å². The first-order valence-corrected chi connectivity index (χ1v) is 9.07. The molecule has 5 nitrogen and oxygen atoms in total. The summed E-state index contributed by atoms with van der Waals surface area (Å²) in [4.78, 5) is 0. The number of hydrogen-bond acceptors (Lipinski definition) is 5. The number of ether oxygens (including phenoxy) is 4. The average molecular weight is 368 g/mol. The molecule has 0 amide bonds. The van der Waals surface area contributed by atoms with E-state index in [1.807, 2.05) is 32.0 Å². The molecule has 1 N–H and O–H groups in total. The maximum absolute atomic E-state index is 10.5. The van der Waals surface area contributed by atoms with Crippen molar-refractivity contribution in [3.63, 3.8) is 0 Å². The van der Waals surface area contributed by atoms with Gasteiger partial charge in [0.1, 0.15) is 34.9 Å². The van der Waals surface area contributed by atoms with Crippen molar-refractivity contribution in [3.05, 3.63) is 52.6 Å². The first-order chi connectivity index (χ1) is 13.0. The predicted octanol–water partition coefficient (Wildman–Crippen LogP) is 4.53. The highest BCUT2D eigenvalue weighted by molar-refractivity contribution is 5.62. The Bertz CT molecular complexity index is 911. The molecule has 2 aliphatic heterocycles. The molecule has 0 bridgehead atoms. The third kappa shape index (κ3) is 2.87. The molecule has 0 aromatic heterocycles. The standard InChI is InChI=1S/C22H24O5/c1-12(2)5-7-15-17(23)10-19-20(21(15)25-4)22-16(11-26-19)14-8-6-13(24-3)9-18(14)27-22/h5-6,8-10,16,22-23H,7,11H2,1-4H3. The summed E-state index contributed by atoms with van der Waals surface area (Å²) in [5.74, 6) is 3.08. The van der Waals surface area contributed by atoms with E-state index in [1.54, 1.807) is 20.3 Å². The Hall–Kier alpha value is -2.82. The molecule has 5 heteroatoms. The largest absolute Gasteiger partial charge is 0.507 e. The third-order valence-electron chi connectivity index (χ3n) is 5.22. The molecular weight excluding hydrogens is 344 g/mol. The quantitative estimate of drug-likeness (QED) is 0.804. The summed E-state index contributed by atoms with van der Waals surface area (Å²) in [6.07, 6.45) is 2.44. The number of phenols is 1. The topological polar surface area (TPSA) is 57.2 Å². The number of phenolic OH excluding ortho intramolecular Hbond substituents is 1. The van der Waals surface area contributed by atoms with Crippen LogP contribution in [0.25, 0.3) is 0 Å². The Morgan fingerprint density at radius 1 is 1.19 bits per heavy atom. The maximum Gasteiger partial charge on any atom is 0.141 e. The van der Waals surface area contributed by atoms with Crippen molar-refractivity contribution in [1.82, 2.24) is 0 Å². The molecule has 27 heavy (non-hydrogen) atoms. The van der Waals surface area contributed by atoms with Gasteiger partial charge >= 0.3 is 0 Å². The van der Waals surface area contributed by atoms with E-state index >= 15 is 0 Å². The van der Waals surface area contributed by atoms with Gasteiger partial charge in [0.2, 0.25) is 0 Å². The van der Waals surface area contributed by atoms with Crippen LogP contribution in [0.15, 0.2) is 35.9 Å². The second-order valence-electron chi connectivity index (χ2n) is 7.16. The van der Waals surface area contributed by atoms with E-state index < -0.39 is 0 Å². The van der Waals surface area contributed by atoms with Crippen LogP contribution in [0.3, 0.4) is 0 Å². The molecule has 0 radical (unpaired) electrons. The fraction of sp³-hybridized carbons (Fsp3) is 0.364. The van der Waals surface area contributed by atoms with E-state index in [0.29, 0.717) is 24.5 Å². The summed E-state index contributed by atoms with van der Waals surface area (Å²) in [6.45, 7) is 4.56. The summed E-state index contributed by atoms with van der Waals surface area (Å²) in [5, 5.41) is 10.5. The van der Waals surface area contributed by atoms with Crippen molar-refractivity contribution in [1.29, 1.82) is 0 Å². The zero-order chi connectivity index (χ0) is 19.1. The number of aromatic hydroxyl groups is 1. The lowest BCUT2D eigenvalue weighted by atomic mass is 9.87. The Balaban J connectivity index is 1.81. The first kappa shape index (κ1) is 17.6. The van der Waals surface area contributed by atoms with Crippen LogP contribution in [-0.4, -0.2) is 25.9 Å². The highest BCUT2D eigenvalue weighted by atomic mass is 16.5. The molecular formula is C22H24O5. The van der Waals surface area contributed by atoms with E-state index in [4.69, 9.17) is 18.9 Å². The zero-order valence-electron chi connectivity index (χ0n) is 16.0. The SMILES string of the molecule is COc1ccc2c(c1)OC1c3c(cc(O)c(CC=C(C)C)c3OC)OCC21. The van der Waals surface area contributed by atoms with Gasteiger partial charge in [0, 0.05) is 23.3 Å². The van der Waals surface area contributed by atoms with E-state index in [1.165, 1.54) is 5.57 Å². The average Bonchev–Trinajstić information content (AvgIpc) is 3.03. The van der Waals surface area contributed by atoms with Gasteiger partial charge < -0.3 is 24.1 Å². The van der Waals surface area contributed by atoms with Gasteiger partial charge in [0.25, 0.3) is 0 Å². The Labute approximate surface area is 159 Å². The molecule has 2 heterocycles. The smallest absolute Gasteiger partial charge is 0.141 e. The molecule has 2 aromatic rings. The van der Waals surface area contributed by atoms with E-state index in [0.717, 1.165) is 28.2 Å². The molecule has 0 saturated heterocycles. The third-order valence-corrected chi connectivity index (χ3v) is 5.22. The molecule has 0 aliphatic carbocycles. The Kier molecular flexibility index (Phi) is 4.38. The van der Waals surface area contributed by atoms with E-state index in [-0.39, 0.29) is 17.8 Å². The molecule has 2 aliphatic rings. The van der Waals surface area contributed by atoms with E-state index in [2.05, 4.69) is 6.08 Å². The minimum atomic E-state index is -0.211. The number of methoxy groups -OCH3 is 2. The second-order valence-corrected chi connectivity index (χ2v) is 7.16. The zero-order valence-corrected chi connectivity index (χ0v) is 16.0. The minimum absolute atomic E-state index is 0.0770. The Morgan fingerprint density at radius 3 is 2.70 bits per heavy atom. The van der Waals surface area contributed by atoms with Gasteiger partial charge in [0.15, 0.2) is 0 Å². The second kappa shape index (κ2) is 6.72. The molecule has 142 valence electrons. The lowest BCUT2D eigenvalue weighted by Crippen LogP contribution is -2.24. The van der Waals surface area contributed by atoms with Gasteiger partial charge in [-0.25, -0.2) is 0 Å². The van der Waals surface area contributed by atoms with Crippen LogP contribution >= 0.6 is 0 Å². The van der Waals surface area contributed by atoms with Crippen LogP contribution in [0, 0.1) is 0 Å². The molecule has 0 spiro atoms. The van der Waals surface area contributed by atoms with Crippen LogP contribution in [-0.2, 0) is 6.42 Å². The van der Waals surface area contributed by atoms with Crippen molar-refractivity contribution in [2.45, 2.75) is 32.3 Å². The van der Waals surface area contributed by atoms with Crippen molar-refractivity contribution < 1.29 is 24.1 Å². The Morgan fingerprint density at radius 2 is 2.00 bits per heavy atom. The highest BCUT2D eigenvalue weighted by Crippen LogP contribution is 2.56. The minimum Gasteiger partial charge on any atom is -0.507 e. The lowest BCUT2D eigenvalue weighted by Gasteiger charge is -2.30. The molecule has 2 aromatic carbocycles. The van der Waals surface area contributed by atoms with E-state index in [9.17, 15) is 5.11 Å².